The fraction of sp³-hybridized carbons (Fsp3) is 0.467. The zero-order valence-corrected chi connectivity index (χ0v) is 11.8. The van der Waals surface area contributed by atoms with Crippen molar-refractivity contribution in [1.82, 2.24) is 4.90 Å². The van der Waals surface area contributed by atoms with E-state index in [1.807, 2.05) is 0 Å². The number of carbonyl (C=O) groups is 2. The molecule has 0 amide bonds. The SMILES string of the molecule is CCN(CC)CCC(=O)c1ccc(OC(C)=O)cc1. The Morgan fingerprint density at radius 2 is 1.68 bits per heavy atom. The molecular weight excluding hydrogens is 242 g/mol. The zero-order valence-electron chi connectivity index (χ0n) is 11.8. The van der Waals surface area contributed by atoms with Gasteiger partial charge >= 0.3 is 5.97 Å². The van der Waals surface area contributed by atoms with Gasteiger partial charge in [-0.15, -0.1) is 0 Å². The number of rotatable bonds is 7. The average molecular weight is 263 g/mol. The van der Waals surface area contributed by atoms with Gasteiger partial charge in [-0.25, -0.2) is 0 Å². The van der Waals surface area contributed by atoms with Crippen LogP contribution in [0.25, 0.3) is 0 Å². The molecule has 0 saturated heterocycles. The normalized spacial score (nSPS) is 10.5. The molecule has 104 valence electrons. The van der Waals surface area contributed by atoms with Crippen LogP contribution < -0.4 is 4.74 Å². The largest absolute Gasteiger partial charge is 0.427 e. The van der Waals surface area contributed by atoms with Gasteiger partial charge in [0.1, 0.15) is 5.75 Å². The number of ether oxygens (including phenoxy) is 1. The Kier molecular flexibility index (Phi) is 6.22. The highest BCUT2D eigenvalue weighted by atomic mass is 16.5. The minimum atomic E-state index is -0.361. The molecule has 0 saturated carbocycles. The summed E-state index contributed by atoms with van der Waals surface area (Å²) in [5.74, 6) is 0.217. The van der Waals surface area contributed by atoms with Gasteiger partial charge in [-0.3, -0.25) is 9.59 Å². The Hall–Kier alpha value is -1.68. The van der Waals surface area contributed by atoms with Gasteiger partial charge in [-0.05, 0) is 37.4 Å². The van der Waals surface area contributed by atoms with Gasteiger partial charge in [-0.2, -0.15) is 0 Å². The Bertz CT molecular complexity index is 422. The molecule has 0 bridgehead atoms. The molecule has 0 aliphatic carbocycles. The molecule has 1 aromatic carbocycles. The molecule has 4 nitrogen and oxygen atoms in total. The third kappa shape index (κ3) is 5.22. The quantitative estimate of drug-likeness (QED) is 0.431. The van der Waals surface area contributed by atoms with E-state index < -0.39 is 0 Å². The molecule has 0 fully saturated rings. The second kappa shape index (κ2) is 7.69. The summed E-state index contributed by atoms with van der Waals surface area (Å²) >= 11 is 0. The van der Waals surface area contributed by atoms with Crippen molar-refractivity contribution in [3.05, 3.63) is 29.8 Å². The van der Waals surface area contributed by atoms with E-state index in [9.17, 15) is 9.59 Å². The van der Waals surface area contributed by atoms with Crippen molar-refractivity contribution in [1.29, 1.82) is 0 Å². The number of carbonyl (C=O) groups excluding carboxylic acids is 2. The second-order valence-electron chi connectivity index (χ2n) is 4.32. The van der Waals surface area contributed by atoms with Gasteiger partial charge in [0.25, 0.3) is 0 Å². The fourth-order valence-corrected chi connectivity index (χ4v) is 1.82. The highest BCUT2D eigenvalue weighted by Crippen LogP contribution is 2.13. The van der Waals surface area contributed by atoms with Gasteiger partial charge in [0.15, 0.2) is 5.78 Å². The van der Waals surface area contributed by atoms with E-state index in [4.69, 9.17) is 4.74 Å². The summed E-state index contributed by atoms with van der Waals surface area (Å²) in [5, 5.41) is 0. The van der Waals surface area contributed by atoms with E-state index in [1.165, 1.54) is 6.92 Å². The van der Waals surface area contributed by atoms with Gasteiger partial charge in [0, 0.05) is 25.5 Å². The molecular formula is C15H21NO3. The molecule has 0 radical (unpaired) electrons. The number of nitrogens with zero attached hydrogens (tertiary/aromatic N) is 1. The first kappa shape index (κ1) is 15.4. The van der Waals surface area contributed by atoms with E-state index in [2.05, 4.69) is 18.7 Å². The van der Waals surface area contributed by atoms with Gasteiger partial charge in [0.05, 0.1) is 0 Å². The van der Waals surface area contributed by atoms with Crippen molar-refractivity contribution in [3.63, 3.8) is 0 Å². The lowest BCUT2D eigenvalue weighted by atomic mass is 10.1. The van der Waals surface area contributed by atoms with Crippen LogP contribution in [0, 0.1) is 0 Å². The molecule has 0 atom stereocenters. The topological polar surface area (TPSA) is 46.6 Å². The van der Waals surface area contributed by atoms with Crippen LogP contribution in [0.2, 0.25) is 0 Å². The summed E-state index contributed by atoms with van der Waals surface area (Å²) in [6.07, 6.45) is 0.509. The maximum Gasteiger partial charge on any atom is 0.308 e. The van der Waals surface area contributed by atoms with Gasteiger partial charge < -0.3 is 9.64 Å². The van der Waals surface area contributed by atoms with E-state index in [-0.39, 0.29) is 11.8 Å². The van der Waals surface area contributed by atoms with E-state index >= 15 is 0 Å². The van der Waals surface area contributed by atoms with Crippen LogP contribution in [0.1, 0.15) is 37.6 Å². The number of esters is 1. The molecule has 0 aliphatic rings. The first-order valence-corrected chi connectivity index (χ1v) is 6.60. The van der Waals surface area contributed by atoms with Crippen LogP contribution in [-0.4, -0.2) is 36.3 Å². The lowest BCUT2D eigenvalue weighted by Crippen LogP contribution is -2.25. The molecule has 0 spiro atoms. The number of benzene rings is 1. The van der Waals surface area contributed by atoms with Gasteiger partial charge in [-0.1, -0.05) is 13.8 Å². The average Bonchev–Trinajstić information content (AvgIpc) is 2.39. The van der Waals surface area contributed by atoms with Crippen LogP contribution in [0.5, 0.6) is 5.75 Å². The van der Waals surface area contributed by atoms with Crippen molar-refractivity contribution in [2.24, 2.45) is 0 Å². The van der Waals surface area contributed by atoms with Crippen LogP contribution in [0.3, 0.4) is 0 Å². The molecule has 0 heterocycles. The molecule has 0 aliphatic heterocycles. The fourth-order valence-electron chi connectivity index (χ4n) is 1.82. The number of ketones is 1. The molecule has 0 unspecified atom stereocenters. The monoisotopic (exact) mass is 263 g/mol. The minimum absolute atomic E-state index is 0.112. The summed E-state index contributed by atoms with van der Waals surface area (Å²) in [6, 6.07) is 6.68. The first-order valence-electron chi connectivity index (χ1n) is 6.60. The first-order chi connectivity index (χ1) is 9.06. The Labute approximate surface area is 114 Å². The predicted molar refractivity (Wildman–Crippen MR) is 74.5 cm³/mol. The maximum absolute atomic E-state index is 12.0. The van der Waals surface area contributed by atoms with E-state index in [0.29, 0.717) is 17.7 Å². The summed E-state index contributed by atoms with van der Waals surface area (Å²) in [6.45, 7) is 8.20. The summed E-state index contributed by atoms with van der Waals surface area (Å²) in [5.41, 5.74) is 0.656. The number of hydrogen-bond donors (Lipinski definition) is 0. The third-order valence-electron chi connectivity index (χ3n) is 2.99. The van der Waals surface area contributed by atoms with Crippen molar-refractivity contribution in [2.45, 2.75) is 27.2 Å². The highest BCUT2D eigenvalue weighted by Gasteiger charge is 2.08. The minimum Gasteiger partial charge on any atom is -0.427 e. The Balaban J connectivity index is 2.55. The molecule has 0 N–H and O–H groups in total. The van der Waals surface area contributed by atoms with Crippen LogP contribution >= 0.6 is 0 Å². The van der Waals surface area contributed by atoms with Crippen LogP contribution in [0.4, 0.5) is 0 Å². The summed E-state index contributed by atoms with van der Waals surface area (Å²) in [4.78, 5) is 25.0. The number of Topliss-reactive ketones (excluding diaryl/α,β-unsaturated/α-hetero) is 1. The van der Waals surface area contributed by atoms with E-state index in [1.54, 1.807) is 24.3 Å². The highest BCUT2D eigenvalue weighted by molar-refractivity contribution is 5.96. The molecule has 4 heteroatoms. The standard InChI is InChI=1S/C15H21NO3/c1-4-16(5-2)11-10-15(18)13-6-8-14(9-7-13)19-12(3)17/h6-9H,4-5,10-11H2,1-3H3. The molecule has 1 aromatic rings. The summed E-state index contributed by atoms with van der Waals surface area (Å²) < 4.78 is 4.92. The predicted octanol–water partition coefficient (Wildman–Crippen LogP) is 2.53. The molecule has 1 rings (SSSR count). The van der Waals surface area contributed by atoms with Crippen molar-refractivity contribution in [2.75, 3.05) is 19.6 Å². The summed E-state index contributed by atoms with van der Waals surface area (Å²) in [7, 11) is 0. The Morgan fingerprint density at radius 3 is 2.16 bits per heavy atom. The zero-order chi connectivity index (χ0) is 14.3. The lowest BCUT2D eigenvalue weighted by Gasteiger charge is -2.17. The van der Waals surface area contributed by atoms with Crippen molar-refractivity contribution in [3.8, 4) is 5.75 Å². The van der Waals surface area contributed by atoms with E-state index in [0.717, 1.165) is 19.6 Å². The van der Waals surface area contributed by atoms with Crippen LogP contribution in [0.15, 0.2) is 24.3 Å². The second-order valence-corrected chi connectivity index (χ2v) is 4.32. The molecule has 0 aromatic heterocycles. The smallest absolute Gasteiger partial charge is 0.308 e. The number of hydrogen-bond acceptors (Lipinski definition) is 4. The van der Waals surface area contributed by atoms with Gasteiger partial charge in [0.2, 0.25) is 0 Å². The lowest BCUT2D eigenvalue weighted by molar-refractivity contribution is -0.131. The Morgan fingerprint density at radius 1 is 1.11 bits per heavy atom. The third-order valence-corrected chi connectivity index (χ3v) is 2.99. The van der Waals surface area contributed by atoms with Crippen LogP contribution in [-0.2, 0) is 4.79 Å². The van der Waals surface area contributed by atoms with Crippen molar-refractivity contribution < 1.29 is 14.3 Å². The molecule has 19 heavy (non-hydrogen) atoms. The maximum atomic E-state index is 12.0. The van der Waals surface area contributed by atoms with Crippen molar-refractivity contribution >= 4 is 11.8 Å².